The summed E-state index contributed by atoms with van der Waals surface area (Å²) in [7, 11) is 0. The van der Waals surface area contributed by atoms with Crippen molar-refractivity contribution in [2.24, 2.45) is 11.8 Å². The molecule has 3 nitrogen and oxygen atoms in total. The van der Waals surface area contributed by atoms with Crippen LogP contribution < -0.4 is 5.32 Å². The maximum atomic E-state index is 11.0. The fraction of sp³-hybridized carbons (Fsp3) is 0.417. The molecule has 2 N–H and O–H groups in total. The van der Waals surface area contributed by atoms with E-state index in [0.29, 0.717) is 6.54 Å². The number of aliphatic carboxylic acids is 1. The molecule has 16 heavy (non-hydrogen) atoms. The zero-order chi connectivity index (χ0) is 10.7. The van der Waals surface area contributed by atoms with E-state index in [0.717, 1.165) is 13.0 Å². The van der Waals surface area contributed by atoms with Crippen LogP contribution in [0.1, 0.15) is 5.56 Å². The molecule has 2 atom stereocenters. The first-order valence-corrected chi connectivity index (χ1v) is 5.25. The molecule has 0 bridgehead atoms. The molecule has 1 aliphatic heterocycles. The van der Waals surface area contributed by atoms with Gasteiger partial charge in [0.05, 0.1) is 5.92 Å². The zero-order valence-corrected chi connectivity index (χ0v) is 9.74. The summed E-state index contributed by atoms with van der Waals surface area (Å²) in [6, 6.07) is 10.1. The Bertz CT molecular complexity index is 342. The van der Waals surface area contributed by atoms with Crippen LogP contribution in [0.4, 0.5) is 0 Å². The number of hydrogen-bond donors (Lipinski definition) is 2. The molecule has 88 valence electrons. The van der Waals surface area contributed by atoms with Crippen LogP contribution in [0.25, 0.3) is 0 Å². The minimum absolute atomic E-state index is 0. The van der Waals surface area contributed by atoms with Crippen molar-refractivity contribution in [1.82, 2.24) is 5.32 Å². The Morgan fingerprint density at radius 2 is 2.00 bits per heavy atom. The van der Waals surface area contributed by atoms with Gasteiger partial charge in [0, 0.05) is 6.54 Å². The lowest BCUT2D eigenvalue weighted by molar-refractivity contribution is -0.142. The van der Waals surface area contributed by atoms with Crippen LogP contribution >= 0.6 is 12.4 Å². The van der Waals surface area contributed by atoms with Gasteiger partial charge >= 0.3 is 5.97 Å². The van der Waals surface area contributed by atoms with Crippen molar-refractivity contribution >= 4 is 18.4 Å². The number of carboxylic acid groups (broad SMARTS) is 1. The maximum absolute atomic E-state index is 11.0. The molecule has 0 radical (unpaired) electrons. The monoisotopic (exact) mass is 241 g/mol. The molecule has 1 fully saturated rings. The van der Waals surface area contributed by atoms with E-state index in [2.05, 4.69) is 17.4 Å². The second-order valence-electron chi connectivity index (χ2n) is 4.05. The first-order valence-electron chi connectivity index (χ1n) is 5.25. The number of benzene rings is 1. The molecule has 1 aromatic carbocycles. The molecule has 1 aromatic rings. The number of carbonyl (C=O) groups is 1. The van der Waals surface area contributed by atoms with E-state index in [-0.39, 0.29) is 24.2 Å². The first-order chi connectivity index (χ1) is 7.27. The predicted octanol–water partition coefficient (Wildman–Crippen LogP) is 1.57. The molecular weight excluding hydrogens is 226 g/mol. The van der Waals surface area contributed by atoms with E-state index >= 15 is 0 Å². The highest BCUT2D eigenvalue weighted by Crippen LogP contribution is 2.21. The van der Waals surface area contributed by atoms with Crippen LogP contribution in [0.3, 0.4) is 0 Å². The van der Waals surface area contributed by atoms with Gasteiger partial charge in [-0.05, 0) is 24.4 Å². The molecule has 0 aliphatic carbocycles. The number of rotatable bonds is 3. The normalized spacial score (nSPS) is 23.8. The van der Waals surface area contributed by atoms with Crippen LogP contribution in [-0.2, 0) is 11.2 Å². The number of hydrogen-bond acceptors (Lipinski definition) is 2. The molecule has 1 saturated heterocycles. The van der Waals surface area contributed by atoms with Gasteiger partial charge in [-0.1, -0.05) is 30.3 Å². The smallest absolute Gasteiger partial charge is 0.308 e. The van der Waals surface area contributed by atoms with E-state index in [4.69, 9.17) is 5.11 Å². The Balaban J connectivity index is 0.00000128. The molecule has 0 amide bonds. The Labute approximate surface area is 101 Å². The van der Waals surface area contributed by atoms with Crippen molar-refractivity contribution in [1.29, 1.82) is 0 Å². The Morgan fingerprint density at radius 3 is 2.62 bits per heavy atom. The highest BCUT2D eigenvalue weighted by atomic mass is 35.5. The highest BCUT2D eigenvalue weighted by molar-refractivity contribution is 5.85. The lowest BCUT2D eigenvalue weighted by atomic mass is 9.90. The first kappa shape index (κ1) is 13.0. The molecule has 0 saturated carbocycles. The van der Waals surface area contributed by atoms with Crippen molar-refractivity contribution in [2.45, 2.75) is 6.42 Å². The van der Waals surface area contributed by atoms with Crippen LogP contribution in [0.2, 0.25) is 0 Å². The highest BCUT2D eigenvalue weighted by Gasteiger charge is 2.32. The second kappa shape index (κ2) is 5.87. The Kier molecular flexibility index (Phi) is 4.77. The average Bonchev–Trinajstić information content (AvgIpc) is 2.67. The molecule has 1 aliphatic rings. The van der Waals surface area contributed by atoms with Crippen molar-refractivity contribution < 1.29 is 9.90 Å². The number of halogens is 1. The minimum Gasteiger partial charge on any atom is -0.481 e. The fourth-order valence-corrected chi connectivity index (χ4v) is 2.15. The average molecular weight is 242 g/mol. The Hall–Kier alpha value is -1.06. The number of carboxylic acids is 1. The summed E-state index contributed by atoms with van der Waals surface area (Å²) >= 11 is 0. The predicted molar refractivity (Wildman–Crippen MR) is 64.9 cm³/mol. The van der Waals surface area contributed by atoms with Crippen molar-refractivity contribution in [3.8, 4) is 0 Å². The van der Waals surface area contributed by atoms with Gasteiger partial charge in [-0.15, -0.1) is 12.4 Å². The Morgan fingerprint density at radius 1 is 1.31 bits per heavy atom. The quantitative estimate of drug-likeness (QED) is 0.845. The number of nitrogens with one attached hydrogen (secondary N) is 1. The van der Waals surface area contributed by atoms with E-state index in [9.17, 15) is 4.79 Å². The van der Waals surface area contributed by atoms with Gasteiger partial charge < -0.3 is 10.4 Å². The van der Waals surface area contributed by atoms with Gasteiger partial charge in [0.1, 0.15) is 0 Å². The maximum Gasteiger partial charge on any atom is 0.308 e. The summed E-state index contributed by atoms with van der Waals surface area (Å²) in [6.07, 6.45) is 0.852. The van der Waals surface area contributed by atoms with Gasteiger partial charge in [-0.3, -0.25) is 4.79 Å². The van der Waals surface area contributed by atoms with Crippen molar-refractivity contribution in [3.05, 3.63) is 35.9 Å². The molecule has 4 heteroatoms. The van der Waals surface area contributed by atoms with Crippen LogP contribution in [-0.4, -0.2) is 24.2 Å². The summed E-state index contributed by atoms with van der Waals surface area (Å²) in [5, 5.41) is 12.2. The second-order valence-corrected chi connectivity index (χ2v) is 4.05. The van der Waals surface area contributed by atoms with Gasteiger partial charge in [-0.25, -0.2) is 0 Å². The molecule has 0 aromatic heterocycles. The largest absolute Gasteiger partial charge is 0.481 e. The topological polar surface area (TPSA) is 49.3 Å². The molecular formula is C12H16ClNO2. The fourth-order valence-electron chi connectivity index (χ4n) is 2.15. The van der Waals surface area contributed by atoms with Crippen LogP contribution in [0, 0.1) is 11.8 Å². The third kappa shape index (κ3) is 2.97. The lowest BCUT2D eigenvalue weighted by Crippen LogP contribution is -2.23. The summed E-state index contributed by atoms with van der Waals surface area (Å²) < 4.78 is 0. The van der Waals surface area contributed by atoms with Gasteiger partial charge in [-0.2, -0.15) is 0 Å². The third-order valence-electron chi connectivity index (χ3n) is 3.00. The van der Waals surface area contributed by atoms with E-state index < -0.39 is 5.97 Å². The minimum atomic E-state index is -0.680. The van der Waals surface area contributed by atoms with Crippen molar-refractivity contribution in [2.75, 3.05) is 13.1 Å². The SMILES string of the molecule is Cl.O=C(O)[C@@H]1CNC[C@H]1Cc1ccccc1. The zero-order valence-electron chi connectivity index (χ0n) is 8.93. The molecule has 0 unspecified atom stereocenters. The molecule has 0 spiro atoms. The standard InChI is InChI=1S/C12H15NO2.ClH/c14-12(15)11-8-13-7-10(11)6-9-4-2-1-3-5-9;/h1-5,10-11,13H,6-8H2,(H,14,15);1H/t10-,11-;/m1./s1. The third-order valence-corrected chi connectivity index (χ3v) is 3.00. The summed E-state index contributed by atoms with van der Waals surface area (Å²) in [4.78, 5) is 11.0. The van der Waals surface area contributed by atoms with E-state index in [1.165, 1.54) is 5.56 Å². The lowest BCUT2D eigenvalue weighted by Gasteiger charge is -2.14. The van der Waals surface area contributed by atoms with Gasteiger partial charge in [0.25, 0.3) is 0 Å². The van der Waals surface area contributed by atoms with Crippen LogP contribution in [0.5, 0.6) is 0 Å². The van der Waals surface area contributed by atoms with E-state index in [1.807, 2.05) is 18.2 Å². The van der Waals surface area contributed by atoms with Crippen molar-refractivity contribution in [3.63, 3.8) is 0 Å². The molecule has 1 heterocycles. The summed E-state index contributed by atoms with van der Waals surface area (Å²) in [5.41, 5.74) is 1.22. The molecule has 2 rings (SSSR count). The van der Waals surface area contributed by atoms with E-state index in [1.54, 1.807) is 0 Å². The van der Waals surface area contributed by atoms with Gasteiger partial charge in [0.15, 0.2) is 0 Å². The van der Waals surface area contributed by atoms with Gasteiger partial charge in [0.2, 0.25) is 0 Å². The summed E-state index contributed by atoms with van der Waals surface area (Å²) in [6.45, 7) is 1.42. The summed E-state index contributed by atoms with van der Waals surface area (Å²) in [5.74, 6) is -0.684. The van der Waals surface area contributed by atoms with Crippen LogP contribution in [0.15, 0.2) is 30.3 Å².